The van der Waals surface area contributed by atoms with E-state index in [1.54, 1.807) is 0 Å². The lowest BCUT2D eigenvalue weighted by atomic mass is 10.2. The number of sulfonamides is 1. The fourth-order valence-corrected chi connectivity index (χ4v) is 5.20. The zero-order valence-corrected chi connectivity index (χ0v) is 16.5. The maximum absolute atomic E-state index is 13.0. The van der Waals surface area contributed by atoms with Crippen molar-refractivity contribution in [1.82, 2.24) is 14.5 Å². The first-order valence-corrected chi connectivity index (χ1v) is 11.2. The van der Waals surface area contributed by atoms with Gasteiger partial charge in [-0.05, 0) is 42.7 Å². The molecule has 2 aliphatic heterocycles. The molecule has 0 N–H and O–H groups in total. The highest BCUT2D eigenvalue weighted by Crippen LogP contribution is 2.21. The van der Waals surface area contributed by atoms with E-state index in [0.29, 0.717) is 31.7 Å². The lowest BCUT2D eigenvalue weighted by Gasteiger charge is -2.34. The molecule has 0 amide bonds. The molecule has 0 unspecified atom stereocenters. The summed E-state index contributed by atoms with van der Waals surface area (Å²) in [5.41, 5.74) is 0.590. The van der Waals surface area contributed by atoms with Crippen LogP contribution in [0.2, 0.25) is 0 Å². The van der Waals surface area contributed by atoms with Crippen molar-refractivity contribution in [3.63, 3.8) is 0 Å². The molecule has 9 heteroatoms. The summed E-state index contributed by atoms with van der Waals surface area (Å²) < 4.78 is 39.8. The van der Waals surface area contributed by atoms with Crippen LogP contribution in [0.5, 0.6) is 0 Å². The molecule has 0 bridgehead atoms. The first kappa shape index (κ1) is 19.1. The first-order valence-electron chi connectivity index (χ1n) is 9.57. The van der Waals surface area contributed by atoms with Crippen molar-refractivity contribution in [3.8, 4) is 0 Å². The highest BCUT2D eigenvalue weighted by atomic mass is 32.2. The topological polar surface area (TPSA) is 69.6 Å². The quantitative estimate of drug-likeness (QED) is 0.756. The van der Waals surface area contributed by atoms with Gasteiger partial charge in [0, 0.05) is 39.3 Å². The summed E-state index contributed by atoms with van der Waals surface area (Å²) in [7, 11) is -3.43. The van der Waals surface area contributed by atoms with Crippen LogP contribution in [0.4, 0.5) is 16.0 Å². The molecule has 0 atom stereocenters. The van der Waals surface area contributed by atoms with Crippen LogP contribution in [0.3, 0.4) is 0 Å². The van der Waals surface area contributed by atoms with Crippen molar-refractivity contribution in [2.75, 3.05) is 49.1 Å². The van der Waals surface area contributed by atoms with Crippen LogP contribution in [-0.4, -0.2) is 62.2 Å². The van der Waals surface area contributed by atoms with Crippen LogP contribution in [0.15, 0.2) is 36.4 Å². The van der Waals surface area contributed by atoms with E-state index in [1.165, 1.54) is 41.4 Å². The lowest BCUT2D eigenvalue weighted by Crippen LogP contribution is -2.49. The van der Waals surface area contributed by atoms with Gasteiger partial charge in [-0.2, -0.15) is 4.31 Å². The van der Waals surface area contributed by atoms with Gasteiger partial charge in [-0.25, -0.2) is 12.8 Å². The maximum atomic E-state index is 13.0. The molecule has 28 heavy (non-hydrogen) atoms. The molecule has 0 spiro atoms. The van der Waals surface area contributed by atoms with Crippen LogP contribution in [-0.2, 0) is 15.8 Å². The van der Waals surface area contributed by atoms with E-state index in [1.807, 2.05) is 12.1 Å². The summed E-state index contributed by atoms with van der Waals surface area (Å²) in [5.74, 6) is 1.20. The fraction of sp³-hybridized carbons (Fsp3) is 0.474. The first-order chi connectivity index (χ1) is 13.5. The van der Waals surface area contributed by atoms with E-state index in [-0.39, 0.29) is 11.6 Å². The third kappa shape index (κ3) is 4.25. The van der Waals surface area contributed by atoms with Crippen molar-refractivity contribution in [3.05, 3.63) is 47.8 Å². The van der Waals surface area contributed by atoms with Gasteiger partial charge in [0.15, 0.2) is 11.6 Å². The van der Waals surface area contributed by atoms with Crippen LogP contribution in [0.25, 0.3) is 0 Å². The predicted octanol–water partition coefficient (Wildman–Crippen LogP) is 1.87. The zero-order chi connectivity index (χ0) is 19.6. The number of piperazine rings is 1. The third-order valence-corrected chi connectivity index (χ3v) is 7.13. The summed E-state index contributed by atoms with van der Waals surface area (Å²) in [6, 6.07) is 9.55. The summed E-state index contributed by atoms with van der Waals surface area (Å²) in [6.07, 6.45) is 2.38. The van der Waals surface area contributed by atoms with Gasteiger partial charge in [-0.3, -0.25) is 0 Å². The number of aromatic nitrogens is 2. The standard InChI is InChI=1S/C19H24FN5O2S/c20-17-5-3-16(4-6-17)15-28(26,27)25-13-11-24(12-14-25)19-8-7-18(21-22-19)23-9-1-2-10-23/h3-8H,1-2,9-15H2. The molecule has 1 aromatic carbocycles. The SMILES string of the molecule is O=S(=O)(Cc1ccc(F)cc1)N1CCN(c2ccc(N3CCCC3)nn2)CC1. The Balaban J connectivity index is 1.35. The second kappa shape index (κ2) is 8.00. The number of anilines is 2. The fourth-order valence-electron chi connectivity index (χ4n) is 3.68. The number of halogens is 1. The average Bonchev–Trinajstić information content (AvgIpc) is 3.25. The van der Waals surface area contributed by atoms with Crippen LogP contribution >= 0.6 is 0 Å². The molecule has 2 aromatic rings. The summed E-state index contributed by atoms with van der Waals surface area (Å²) >= 11 is 0. The molecule has 0 radical (unpaired) electrons. The van der Waals surface area contributed by atoms with Crippen molar-refractivity contribution in [2.45, 2.75) is 18.6 Å². The van der Waals surface area contributed by atoms with Gasteiger partial charge in [-0.1, -0.05) is 12.1 Å². The van der Waals surface area contributed by atoms with Crippen molar-refractivity contribution in [1.29, 1.82) is 0 Å². The summed E-state index contributed by atoms with van der Waals surface area (Å²) in [4.78, 5) is 4.29. The van der Waals surface area contributed by atoms with Crippen molar-refractivity contribution >= 4 is 21.7 Å². The lowest BCUT2D eigenvalue weighted by molar-refractivity contribution is 0.383. The van der Waals surface area contributed by atoms with Crippen LogP contribution < -0.4 is 9.80 Å². The summed E-state index contributed by atoms with van der Waals surface area (Å²) in [6.45, 7) is 4.00. The van der Waals surface area contributed by atoms with Gasteiger partial charge in [0.25, 0.3) is 0 Å². The Kier molecular flexibility index (Phi) is 5.45. The van der Waals surface area contributed by atoms with Crippen LogP contribution in [0.1, 0.15) is 18.4 Å². The number of hydrogen-bond donors (Lipinski definition) is 0. The number of benzene rings is 1. The van der Waals surface area contributed by atoms with Crippen molar-refractivity contribution < 1.29 is 12.8 Å². The Morgan fingerprint density at radius 2 is 1.32 bits per heavy atom. The Hall–Kier alpha value is -2.26. The number of nitrogens with zero attached hydrogens (tertiary/aromatic N) is 5. The highest BCUT2D eigenvalue weighted by Gasteiger charge is 2.28. The van der Waals surface area contributed by atoms with Gasteiger partial charge in [-0.15, -0.1) is 10.2 Å². The minimum Gasteiger partial charge on any atom is -0.355 e. The van der Waals surface area contributed by atoms with Gasteiger partial charge in [0.2, 0.25) is 10.0 Å². The van der Waals surface area contributed by atoms with Gasteiger partial charge in [0.05, 0.1) is 5.75 Å². The Bertz CT molecular complexity index is 891. The molecule has 4 rings (SSSR count). The predicted molar refractivity (Wildman–Crippen MR) is 106 cm³/mol. The van der Waals surface area contributed by atoms with E-state index in [9.17, 15) is 12.8 Å². The molecule has 1 aromatic heterocycles. The zero-order valence-electron chi connectivity index (χ0n) is 15.7. The number of hydrogen-bond acceptors (Lipinski definition) is 6. The molecular formula is C19H24FN5O2S. The van der Waals surface area contributed by atoms with E-state index >= 15 is 0 Å². The minimum atomic E-state index is -3.43. The second-order valence-corrected chi connectivity index (χ2v) is 9.18. The molecule has 2 saturated heterocycles. The molecule has 2 fully saturated rings. The molecule has 2 aliphatic rings. The highest BCUT2D eigenvalue weighted by molar-refractivity contribution is 7.88. The molecule has 3 heterocycles. The molecule has 0 aliphatic carbocycles. The third-order valence-electron chi connectivity index (χ3n) is 5.28. The molecule has 0 saturated carbocycles. The minimum absolute atomic E-state index is 0.113. The number of rotatable bonds is 5. The van der Waals surface area contributed by atoms with Crippen LogP contribution in [0, 0.1) is 5.82 Å². The van der Waals surface area contributed by atoms with Gasteiger partial charge >= 0.3 is 0 Å². The second-order valence-electron chi connectivity index (χ2n) is 7.21. The van der Waals surface area contributed by atoms with Crippen molar-refractivity contribution in [2.24, 2.45) is 0 Å². The largest absolute Gasteiger partial charge is 0.355 e. The van der Waals surface area contributed by atoms with E-state index in [0.717, 1.165) is 24.7 Å². The monoisotopic (exact) mass is 405 g/mol. The summed E-state index contributed by atoms with van der Waals surface area (Å²) in [5, 5.41) is 8.68. The molecule has 150 valence electrons. The van der Waals surface area contributed by atoms with E-state index < -0.39 is 10.0 Å². The Labute approximate surface area is 164 Å². The smallest absolute Gasteiger partial charge is 0.218 e. The molecule has 7 nitrogen and oxygen atoms in total. The Morgan fingerprint density at radius 3 is 1.86 bits per heavy atom. The maximum Gasteiger partial charge on any atom is 0.218 e. The Morgan fingerprint density at radius 1 is 0.786 bits per heavy atom. The van der Waals surface area contributed by atoms with E-state index in [4.69, 9.17) is 0 Å². The van der Waals surface area contributed by atoms with Gasteiger partial charge < -0.3 is 9.80 Å². The van der Waals surface area contributed by atoms with E-state index in [2.05, 4.69) is 20.0 Å². The normalized spacial score (nSPS) is 18.6. The molecular weight excluding hydrogens is 381 g/mol. The average molecular weight is 405 g/mol. The van der Waals surface area contributed by atoms with Gasteiger partial charge in [0.1, 0.15) is 5.82 Å².